The van der Waals surface area contributed by atoms with Gasteiger partial charge in [-0.15, -0.1) is 12.4 Å². The van der Waals surface area contributed by atoms with E-state index in [-0.39, 0.29) is 42.8 Å². The van der Waals surface area contributed by atoms with Gasteiger partial charge in [0.05, 0.1) is 5.69 Å². The Labute approximate surface area is 155 Å². The molecule has 2 atom stereocenters. The van der Waals surface area contributed by atoms with Crippen molar-refractivity contribution in [2.75, 3.05) is 26.0 Å². The van der Waals surface area contributed by atoms with Gasteiger partial charge < -0.3 is 20.7 Å². The summed E-state index contributed by atoms with van der Waals surface area (Å²) in [4.78, 5) is 25.5. The third kappa shape index (κ3) is 6.21. The Balaban J connectivity index is 0.00000312. The molecule has 0 unspecified atom stereocenters. The number of nitrogens with zero attached hydrogens (tertiary/aromatic N) is 1. The highest BCUT2D eigenvalue weighted by Gasteiger charge is 2.26. The molecule has 3 N–H and O–H groups in total. The topological polar surface area (TPSA) is 84.7 Å². The number of carbonyl (C=O) groups excluding carboxylic acids is 2. The Morgan fingerprint density at radius 1 is 1.32 bits per heavy atom. The van der Waals surface area contributed by atoms with E-state index in [1.165, 1.54) is 4.90 Å². The maximum atomic E-state index is 12.3. The Morgan fingerprint density at radius 2 is 2.04 bits per heavy atom. The minimum atomic E-state index is -0.134. The molecule has 25 heavy (non-hydrogen) atoms. The molecule has 1 fully saturated rings. The molecule has 1 aliphatic carbocycles. The van der Waals surface area contributed by atoms with Crippen LogP contribution in [0.25, 0.3) is 0 Å². The number of nitrogens with one attached hydrogen (secondary N) is 1. The van der Waals surface area contributed by atoms with Crippen LogP contribution in [-0.4, -0.2) is 43.5 Å². The van der Waals surface area contributed by atoms with Crippen LogP contribution in [0.15, 0.2) is 18.2 Å². The number of aryl methyl sites for hydroxylation is 1. The Bertz CT molecular complexity index is 607. The zero-order chi connectivity index (χ0) is 17.7. The summed E-state index contributed by atoms with van der Waals surface area (Å²) in [5.41, 5.74) is 7.62. The van der Waals surface area contributed by atoms with Gasteiger partial charge in [-0.3, -0.25) is 9.59 Å². The van der Waals surface area contributed by atoms with Crippen LogP contribution in [0, 0.1) is 12.8 Å². The molecule has 1 aliphatic rings. The van der Waals surface area contributed by atoms with Crippen LogP contribution in [0.4, 0.5) is 5.69 Å². The Morgan fingerprint density at radius 3 is 2.64 bits per heavy atom. The van der Waals surface area contributed by atoms with Crippen molar-refractivity contribution >= 4 is 29.9 Å². The van der Waals surface area contributed by atoms with E-state index < -0.39 is 0 Å². The van der Waals surface area contributed by atoms with E-state index in [4.69, 9.17) is 10.5 Å². The van der Waals surface area contributed by atoms with E-state index in [1.807, 2.05) is 19.1 Å². The van der Waals surface area contributed by atoms with Gasteiger partial charge in [-0.1, -0.05) is 12.5 Å². The number of anilines is 1. The standard InChI is InChI=1S/C18H27N3O3.ClH/c1-12-7-8-15(16(9-12)24-11-18(23)21(2)3)20-17(22)10-13-5-4-6-14(13)19;/h7-9,13-14H,4-6,10-11,19H2,1-3H3,(H,20,22);1H/t13-,14+;/m0./s1. The molecule has 6 nitrogen and oxygen atoms in total. The van der Waals surface area contributed by atoms with Crippen LogP contribution in [0.3, 0.4) is 0 Å². The average molecular weight is 370 g/mol. The number of nitrogens with two attached hydrogens (primary N) is 1. The van der Waals surface area contributed by atoms with Crippen molar-refractivity contribution in [1.82, 2.24) is 4.90 Å². The Kier molecular flexibility index (Phi) is 8.19. The molecular formula is C18H28ClN3O3. The van der Waals surface area contributed by atoms with Gasteiger partial charge in [-0.25, -0.2) is 0 Å². The summed E-state index contributed by atoms with van der Waals surface area (Å²) in [5, 5.41) is 2.89. The summed E-state index contributed by atoms with van der Waals surface area (Å²) in [6.45, 7) is 1.87. The SMILES string of the molecule is Cc1ccc(NC(=O)C[C@@H]2CCC[C@H]2N)c(OCC(=O)N(C)C)c1.Cl. The van der Waals surface area contributed by atoms with E-state index in [1.54, 1.807) is 20.2 Å². The molecule has 0 spiro atoms. The monoisotopic (exact) mass is 369 g/mol. The van der Waals surface area contributed by atoms with Gasteiger partial charge >= 0.3 is 0 Å². The van der Waals surface area contributed by atoms with Gasteiger partial charge in [0.25, 0.3) is 5.91 Å². The Hall–Kier alpha value is -1.79. The molecule has 7 heteroatoms. The summed E-state index contributed by atoms with van der Waals surface area (Å²) >= 11 is 0. The zero-order valence-corrected chi connectivity index (χ0v) is 15.9. The molecule has 1 aromatic carbocycles. The maximum absolute atomic E-state index is 12.3. The quantitative estimate of drug-likeness (QED) is 0.806. The first-order chi connectivity index (χ1) is 11.4. The van der Waals surface area contributed by atoms with Crippen LogP contribution < -0.4 is 15.8 Å². The van der Waals surface area contributed by atoms with Crippen molar-refractivity contribution in [3.05, 3.63) is 23.8 Å². The zero-order valence-electron chi connectivity index (χ0n) is 15.1. The predicted octanol–water partition coefficient (Wildman–Crippen LogP) is 2.34. The maximum Gasteiger partial charge on any atom is 0.259 e. The number of ether oxygens (including phenoxy) is 1. The first-order valence-electron chi connectivity index (χ1n) is 8.36. The van der Waals surface area contributed by atoms with E-state index in [2.05, 4.69) is 5.32 Å². The van der Waals surface area contributed by atoms with Crippen LogP contribution in [0.1, 0.15) is 31.2 Å². The minimum absolute atomic E-state index is 0. The van der Waals surface area contributed by atoms with E-state index in [9.17, 15) is 9.59 Å². The van der Waals surface area contributed by atoms with Gasteiger partial charge in [0.15, 0.2) is 6.61 Å². The van der Waals surface area contributed by atoms with Crippen LogP contribution in [0.5, 0.6) is 5.75 Å². The van der Waals surface area contributed by atoms with Crippen molar-refractivity contribution in [1.29, 1.82) is 0 Å². The van der Waals surface area contributed by atoms with Crippen LogP contribution >= 0.6 is 12.4 Å². The van der Waals surface area contributed by atoms with Crippen LogP contribution in [-0.2, 0) is 9.59 Å². The number of rotatable bonds is 6. The first kappa shape index (κ1) is 21.3. The van der Waals surface area contributed by atoms with E-state index in [0.29, 0.717) is 17.9 Å². The molecule has 2 rings (SSSR count). The second-order valence-corrected chi connectivity index (χ2v) is 6.68. The summed E-state index contributed by atoms with van der Waals surface area (Å²) in [7, 11) is 3.35. The molecule has 0 bridgehead atoms. The highest BCUT2D eigenvalue weighted by molar-refractivity contribution is 5.92. The largest absolute Gasteiger partial charge is 0.482 e. The van der Waals surface area contributed by atoms with Gasteiger partial charge in [0.2, 0.25) is 5.91 Å². The van der Waals surface area contributed by atoms with Gasteiger partial charge in [0.1, 0.15) is 5.75 Å². The third-order valence-electron chi connectivity index (χ3n) is 4.43. The summed E-state index contributed by atoms with van der Waals surface area (Å²) in [6.07, 6.45) is 3.50. The first-order valence-corrected chi connectivity index (χ1v) is 8.36. The summed E-state index contributed by atoms with van der Waals surface area (Å²) in [6, 6.07) is 5.64. The van der Waals surface area contributed by atoms with Gasteiger partial charge in [0, 0.05) is 26.6 Å². The fourth-order valence-electron chi connectivity index (χ4n) is 2.88. The molecule has 140 valence electrons. The average Bonchev–Trinajstić information content (AvgIpc) is 2.92. The van der Waals surface area contributed by atoms with E-state index >= 15 is 0 Å². The van der Waals surface area contributed by atoms with Crippen molar-refractivity contribution < 1.29 is 14.3 Å². The molecule has 1 saturated carbocycles. The van der Waals surface area contributed by atoms with Gasteiger partial charge in [-0.2, -0.15) is 0 Å². The smallest absolute Gasteiger partial charge is 0.259 e. The predicted molar refractivity (Wildman–Crippen MR) is 101 cm³/mol. The molecule has 0 aromatic heterocycles. The molecule has 0 aliphatic heterocycles. The molecular weight excluding hydrogens is 342 g/mol. The van der Waals surface area contributed by atoms with Gasteiger partial charge in [-0.05, 0) is 43.4 Å². The fourth-order valence-corrected chi connectivity index (χ4v) is 2.88. The highest BCUT2D eigenvalue weighted by atomic mass is 35.5. The third-order valence-corrected chi connectivity index (χ3v) is 4.43. The number of amides is 2. The number of halogens is 1. The molecule has 0 radical (unpaired) electrons. The number of hydrogen-bond acceptors (Lipinski definition) is 4. The van der Waals surface area contributed by atoms with E-state index in [0.717, 1.165) is 24.8 Å². The van der Waals surface area contributed by atoms with Crippen molar-refractivity contribution in [2.24, 2.45) is 11.7 Å². The number of likely N-dealkylation sites (N-methyl/N-ethyl adjacent to an activating group) is 1. The number of benzene rings is 1. The lowest BCUT2D eigenvalue weighted by Crippen LogP contribution is -2.29. The highest BCUT2D eigenvalue weighted by Crippen LogP contribution is 2.29. The van der Waals surface area contributed by atoms with Crippen LogP contribution in [0.2, 0.25) is 0 Å². The summed E-state index contributed by atoms with van der Waals surface area (Å²) in [5.74, 6) is 0.556. The number of carbonyl (C=O) groups is 2. The van der Waals surface area contributed by atoms with Crippen molar-refractivity contribution in [2.45, 2.75) is 38.6 Å². The summed E-state index contributed by atoms with van der Waals surface area (Å²) < 4.78 is 5.60. The lowest BCUT2D eigenvalue weighted by Gasteiger charge is -2.17. The minimum Gasteiger partial charge on any atom is -0.482 e. The lowest BCUT2D eigenvalue weighted by atomic mass is 10.00. The van der Waals surface area contributed by atoms with Crippen molar-refractivity contribution in [3.63, 3.8) is 0 Å². The molecule has 2 amide bonds. The van der Waals surface area contributed by atoms with Crippen molar-refractivity contribution in [3.8, 4) is 5.75 Å². The molecule has 0 heterocycles. The normalized spacial score (nSPS) is 19.0. The number of hydrogen-bond donors (Lipinski definition) is 2. The fraction of sp³-hybridized carbons (Fsp3) is 0.556. The molecule has 0 saturated heterocycles. The second kappa shape index (κ2) is 9.63. The lowest BCUT2D eigenvalue weighted by molar-refractivity contribution is -0.130. The molecule has 1 aromatic rings. The second-order valence-electron chi connectivity index (χ2n) is 6.68.